The van der Waals surface area contributed by atoms with Crippen molar-refractivity contribution in [1.29, 1.82) is 0 Å². The molecule has 0 saturated heterocycles. The van der Waals surface area contributed by atoms with Crippen LogP contribution >= 0.6 is 0 Å². The van der Waals surface area contributed by atoms with E-state index in [-0.39, 0.29) is 27.3 Å². The van der Waals surface area contributed by atoms with Crippen molar-refractivity contribution >= 4 is 33.7 Å². The Morgan fingerprint density at radius 3 is 1.67 bits per heavy atom. The molecule has 0 saturated carbocycles. The normalized spacial score (nSPS) is 5.67. The van der Waals surface area contributed by atoms with Crippen LogP contribution in [-0.2, 0) is 4.79 Å². The molecule has 0 aliphatic heterocycles. The minimum absolute atomic E-state index is 0. The van der Waals surface area contributed by atoms with Crippen LogP contribution in [0.4, 0.5) is 0 Å². The molecule has 1 amide bonds. The van der Waals surface area contributed by atoms with Gasteiger partial charge in [-0.05, 0) is 0 Å². The Bertz CT molecular complexity index is 37.8. The molecule has 34 valence electrons. The predicted octanol–water partition coefficient (Wildman–Crippen LogP) is -0.676. The molecule has 4 radical (unpaired) electrons. The van der Waals surface area contributed by atoms with Gasteiger partial charge in [0.1, 0.15) is 0 Å². The smallest absolute Gasteiger partial charge is 0.209 e. The standard InChI is InChI=1S/C3H7NO.Pb/c1-4(2)3-5;/h3H,1-2H3;. The SMILES string of the molecule is CN(C)C=O.[Pb]. The molecule has 0 heterocycles. The van der Waals surface area contributed by atoms with Gasteiger partial charge in [-0.15, -0.1) is 0 Å². The van der Waals surface area contributed by atoms with E-state index in [1.807, 2.05) is 0 Å². The quantitative estimate of drug-likeness (QED) is 0.460. The number of nitrogens with zero attached hydrogens (tertiary/aromatic N) is 1. The van der Waals surface area contributed by atoms with E-state index in [4.69, 9.17) is 0 Å². The average molecular weight is 280 g/mol. The molecular formula is C3H7NOPb. The first-order valence-corrected chi connectivity index (χ1v) is 1.39. The first-order chi connectivity index (χ1) is 2.27. The van der Waals surface area contributed by atoms with Gasteiger partial charge in [0.05, 0.1) is 0 Å². The number of carbonyl (C=O) groups excluding carboxylic acids is 1. The van der Waals surface area contributed by atoms with Crippen molar-refractivity contribution in [3.63, 3.8) is 0 Å². The molecule has 0 rings (SSSR count). The van der Waals surface area contributed by atoms with Crippen LogP contribution < -0.4 is 0 Å². The Morgan fingerprint density at radius 2 is 1.67 bits per heavy atom. The Labute approximate surface area is 57.7 Å². The summed E-state index contributed by atoms with van der Waals surface area (Å²) in [5.41, 5.74) is 0. The van der Waals surface area contributed by atoms with Crippen LogP contribution in [0.3, 0.4) is 0 Å². The fourth-order valence-corrected chi connectivity index (χ4v) is 0. The van der Waals surface area contributed by atoms with E-state index in [1.54, 1.807) is 14.1 Å². The molecule has 2 nitrogen and oxygen atoms in total. The van der Waals surface area contributed by atoms with Crippen molar-refractivity contribution in [2.75, 3.05) is 14.1 Å². The summed E-state index contributed by atoms with van der Waals surface area (Å²) in [6, 6.07) is 0. The maximum atomic E-state index is 9.43. The van der Waals surface area contributed by atoms with Crippen molar-refractivity contribution in [2.45, 2.75) is 0 Å². The topological polar surface area (TPSA) is 20.3 Å². The van der Waals surface area contributed by atoms with Crippen molar-refractivity contribution in [1.82, 2.24) is 4.90 Å². The Balaban J connectivity index is 0. The zero-order chi connectivity index (χ0) is 4.28. The van der Waals surface area contributed by atoms with Gasteiger partial charge in [0.25, 0.3) is 0 Å². The third-order valence-corrected chi connectivity index (χ3v) is 0.211. The Morgan fingerprint density at radius 1 is 1.50 bits per heavy atom. The van der Waals surface area contributed by atoms with Crippen molar-refractivity contribution in [2.24, 2.45) is 0 Å². The maximum Gasteiger partial charge on any atom is 0.209 e. The summed E-state index contributed by atoms with van der Waals surface area (Å²) in [7, 11) is 3.38. The zero-order valence-corrected chi connectivity index (χ0v) is 7.82. The average Bonchev–Trinajstić information content (AvgIpc) is 1.38. The van der Waals surface area contributed by atoms with Gasteiger partial charge in [0, 0.05) is 41.4 Å². The predicted molar refractivity (Wildman–Crippen MR) is 25.5 cm³/mol. The number of amides is 1. The number of carbonyl (C=O) groups is 1. The molecule has 0 aliphatic rings. The molecule has 0 N–H and O–H groups in total. The van der Waals surface area contributed by atoms with Gasteiger partial charge in [-0.25, -0.2) is 0 Å². The first kappa shape index (κ1) is 9.63. The summed E-state index contributed by atoms with van der Waals surface area (Å²) in [5.74, 6) is 0. The van der Waals surface area contributed by atoms with Crippen molar-refractivity contribution < 1.29 is 4.79 Å². The number of hydrogen-bond donors (Lipinski definition) is 0. The molecule has 0 fully saturated rings. The van der Waals surface area contributed by atoms with Gasteiger partial charge in [-0.2, -0.15) is 0 Å². The number of hydrogen-bond acceptors (Lipinski definition) is 1. The van der Waals surface area contributed by atoms with Gasteiger partial charge in [-0.3, -0.25) is 4.79 Å². The largest absolute Gasteiger partial charge is 0.351 e. The summed E-state index contributed by atoms with van der Waals surface area (Å²) < 4.78 is 0. The minimum Gasteiger partial charge on any atom is -0.351 e. The van der Waals surface area contributed by atoms with E-state index >= 15 is 0 Å². The Hall–Kier alpha value is 0.392. The molecule has 0 unspecified atom stereocenters. The molecule has 0 spiro atoms. The van der Waals surface area contributed by atoms with E-state index in [2.05, 4.69) is 0 Å². The van der Waals surface area contributed by atoms with E-state index in [9.17, 15) is 4.79 Å². The van der Waals surface area contributed by atoms with Crippen LogP contribution in [-0.4, -0.2) is 52.7 Å². The van der Waals surface area contributed by atoms with Crippen molar-refractivity contribution in [3.8, 4) is 0 Å². The second-order valence-corrected chi connectivity index (χ2v) is 1.07. The monoisotopic (exact) mass is 281 g/mol. The summed E-state index contributed by atoms with van der Waals surface area (Å²) in [6.45, 7) is 0. The fraction of sp³-hybridized carbons (Fsp3) is 0.667. The van der Waals surface area contributed by atoms with Crippen LogP contribution in [0.2, 0.25) is 0 Å². The minimum atomic E-state index is 0. The molecule has 0 aromatic carbocycles. The number of rotatable bonds is 1. The van der Waals surface area contributed by atoms with E-state index in [1.165, 1.54) is 4.90 Å². The maximum absolute atomic E-state index is 9.43. The summed E-state index contributed by atoms with van der Waals surface area (Å²) in [4.78, 5) is 10.9. The molecule has 0 atom stereocenters. The van der Waals surface area contributed by atoms with Crippen LogP contribution in [0.15, 0.2) is 0 Å². The van der Waals surface area contributed by atoms with Gasteiger partial charge in [-0.1, -0.05) is 0 Å². The second kappa shape index (κ2) is 5.39. The molecule has 0 aromatic heterocycles. The third-order valence-electron chi connectivity index (χ3n) is 0.211. The van der Waals surface area contributed by atoms with Gasteiger partial charge >= 0.3 is 0 Å². The van der Waals surface area contributed by atoms with E-state index in [0.29, 0.717) is 0 Å². The third kappa shape index (κ3) is 8.83. The molecule has 0 bridgehead atoms. The first-order valence-electron chi connectivity index (χ1n) is 1.39. The van der Waals surface area contributed by atoms with Gasteiger partial charge in [0.2, 0.25) is 6.41 Å². The van der Waals surface area contributed by atoms with Crippen molar-refractivity contribution in [3.05, 3.63) is 0 Å². The van der Waals surface area contributed by atoms with Crippen LogP contribution in [0, 0.1) is 0 Å². The Kier molecular flexibility index (Phi) is 8.66. The molecule has 6 heavy (non-hydrogen) atoms. The fourth-order valence-electron chi connectivity index (χ4n) is 0. The molecular weight excluding hydrogens is 273 g/mol. The summed E-state index contributed by atoms with van der Waals surface area (Å²) >= 11 is 0. The summed E-state index contributed by atoms with van der Waals surface area (Å²) in [5, 5.41) is 0. The van der Waals surface area contributed by atoms with Crippen LogP contribution in [0.5, 0.6) is 0 Å². The zero-order valence-electron chi connectivity index (χ0n) is 3.93. The summed E-state index contributed by atoms with van der Waals surface area (Å²) in [6.07, 6.45) is 0.750. The molecule has 0 aliphatic carbocycles. The van der Waals surface area contributed by atoms with Gasteiger partial charge in [0.15, 0.2) is 0 Å². The van der Waals surface area contributed by atoms with E-state index < -0.39 is 0 Å². The van der Waals surface area contributed by atoms with Gasteiger partial charge < -0.3 is 4.90 Å². The molecule has 0 aromatic rings. The second-order valence-electron chi connectivity index (χ2n) is 1.07. The van der Waals surface area contributed by atoms with E-state index in [0.717, 1.165) is 6.41 Å². The van der Waals surface area contributed by atoms with Crippen LogP contribution in [0.25, 0.3) is 0 Å². The molecule has 3 heteroatoms. The van der Waals surface area contributed by atoms with Crippen LogP contribution in [0.1, 0.15) is 0 Å².